The lowest BCUT2D eigenvalue weighted by molar-refractivity contribution is -0.192. The van der Waals surface area contributed by atoms with E-state index in [0.29, 0.717) is 19.7 Å². The topological polar surface area (TPSA) is 78.8 Å². The van der Waals surface area contributed by atoms with E-state index in [9.17, 15) is 18.3 Å². The van der Waals surface area contributed by atoms with Crippen molar-refractivity contribution in [2.75, 3.05) is 6.54 Å². The minimum Gasteiger partial charge on any atom is -0.489 e. The summed E-state index contributed by atoms with van der Waals surface area (Å²) in [6.07, 6.45) is -3.36. The Balaban J connectivity index is 0.000000406. The number of carboxylic acids is 1. The largest absolute Gasteiger partial charge is 0.490 e. The molecule has 1 unspecified atom stereocenters. The number of nitrogens with one attached hydrogen (secondary N) is 1. The Morgan fingerprint density at radius 1 is 0.971 bits per heavy atom. The summed E-state index contributed by atoms with van der Waals surface area (Å²) in [6, 6.07) is 26.5. The Morgan fingerprint density at radius 2 is 1.62 bits per heavy atom. The Hall–Kier alpha value is -3.36. The summed E-state index contributed by atoms with van der Waals surface area (Å²) in [5.74, 6) is -1.89. The summed E-state index contributed by atoms with van der Waals surface area (Å²) >= 11 is 0. The van der Waals surface area contributed by atoms with Crippen LogP contribution in [0.25, 0.3) is 0 Å². The zero-order valence-electron chi connectivity index (χ0n) is 18.4. The molecule has 8 heteroatoms. The van der Waals surface area contributed by atoms with Crippen LogP contribution in [0.2, 0.25) is 0 Å². The Bertz CT molecular complexity index is 1090. The van der Waals surface area contributed by atoms with Crippen molar-refractivity contribution in [2.24, 2.45) is 0 Å². The number of carbonyl (C=O) groups is 1. The van der Waals surface area contributed by atoms with Crippen LogP contribution in [-0.2, 0) is 30.0 Å². The van der Waals surface area contributed by atoms with Gasteiger partial charge in [-0.2, -0.15) is 13.2 Å². The molecule has 0 aromatic heterocycles. The molecule has 0 saturated carbocycles. The van der Waals surface area contributed by atoms with Crippen molar-refractivity contribution in [3.05, 3.63) is 101 Å². The van der Waals surface area contributed by atoms with Crippen LogP contribution < -0.4 is 10.1 Å². The number of ether oxygens (including phenoxy) is 1. The molecule has 1 aliphatic carbocycles. The van der Waals surface area contributed by atoms with E-state index < -0.39 is 17.7 Å². The number of aliphatic carboxylic acids is 1. The molecule has 0 amide bonds. The standard InChI is InChI=1S/C24H25NO2.C2HF3O2/c26-24(14-13-21-10-4-5-12-23(21)24)18-25-16-20-9-6-11-22(15-20)27-17-19-7-2-1-3-8-19;3-2(4,5)1(6)7/h1-12,15,25-26H,13-14,16-18H2;(H,6,7). The van der Waals surface area contributed by atoms with Crippen LogP contribution in [0.15, 0.2) is 78.9 Å². The van der Waals surface area contributed by atoms with Crippen LogP contribution in [0.1, 0.15) is 28.7 Å². The van der Waals surface area contributed by atoms with Crippen molar-refractivity contribution in [1.29, 1.82) is 0 Å². The molecule has 1 atom stereocenters. The number of rotatable bonds is 7. The number of fused-ring (bicyclic) bond motifs is 1. The number of carboxylic acid groups (broad SMARTS) is 1. The molecule has 5 nitrogen and oxygen atoms in total. The lowest BCUT2D eigenvalue weighted by Gasteiger charge is -2.24. The van der Waals surface area contributed by atoms with Crippen molar-refractivity contribution in [1.82, 2.24) is 5.32 Å². The molecule has 0 aliphatic heterocycles. The highest BCUT2D eigenvalue weighted by molar-refractivity contribution is 5.73. The zero-order chi connectivity index (χ0) is 24.6. The molecule has 0 radical (unpaired) electrons. The third-order valence-corrected chi connectivity index (χ3v) is 5.46. The van der Waals surface area contributed by atoms with Crippen LogP contribution in [0.3, 0.4) is 0 Å². The van der Waals surface area contributed by atoms with E-state index in [1.807, 2.05) is 48.5 Å². The predicted molar refractivity (Wildman–Crippen MR) is 121 cm³/mol. The number of alkyl halides is 3. The first kappa shape index (κ1) is 25.3. The van der Waals surface area contributed by atoms with E-state index in [4.69, 9.17) is 14.6 Å². The summed E-state index contributed by atoms with van der Waals surface area (Å²) in [5.41, 5.74) is 3.87. The molecule has 3 aromatic carbocycles. The van der Waals surface area contributed by atoms with Crippen molar-refractivity contribution in [2.45, 2.75) is 37.8 Å². The van der Waals surface area contributed by atoms with Gasteiger partial charge < -0.3 is 20.3 Å². The Kier molecular flexibility index (Phi) is 8.31. The van der Waals surface area contributed by atoms with E-state index in [1.54, 1.807) is 0 Å². The van der Waals surface area contributed by atoms with Gasteiger partial charge in [0, 0.05) is 13.1 Å². The number of benzene rings is 3. The average Bonchev–Trinajstić information content (AvgIpc) is 3.15. The van der Waals surface area contributed by atoms with Crippen molar-refractivity contribution in [3.8, 4) is 5.75 Å². The molecule has 180 valence electrons. The fraction of sp³-hybridized carbons (Fsp3) is 0.269. The smallest absolute Gasteiger partial charge is 0.489 e. The number of aliphatic hydroxyl groups is 1. The van der Waals surface area contributed by atoms with Gasteiger partial charge in [-0.15, -0.1) is 0 Å². The lowest BCUT2D eigenvalue weighted by Crippen LogP contribution is -2.35. The van der Waals surface area contributed by atoms with Crippen LogP contribution in [0, 0.1) is 0 Å². The minimum absolute atomic E-state index is 0.555. The molecular formula is C26H26F3NO4. The van der Waals surface area contributed by atoms with E-state index in [1.165, 1.54) is 5.56 Å². The maximum absolute atomic E-state index is 11.0. The molecule has 3 N–H and O–H groups in total. The van der Waals surface area contributed by atoms with Gasteiger partial charge in [-0.3, -0.25) is 0 Å². The molecule has 0 bridgehead atoms. The fourth-order valence-corrected chi connectivity index (χ4v) is 3.75. The molecule has 0 saturated heterocycles. The maximum Gasteiger partial charge on any atom is 0.490 e. The van der Waals surface area contributed by atoms with Crippen LogP contribution in [0.5, 0.6) is 5.75 Å². The Morgan fingerprint density at radius 3 is 2.32 bits per heavy atom. The first-order valence-corrected chi connectivity index (χ1v) is 10.7. The molecule has 0 heterocycles. The average molecular weight is 473 g/mol. The molecule has 4 rings (SSSR count). The van der Waals surface area contributed by atoms with Gasteiger partial charge in [-0.1, -0.05) is 66.7 Å². The second kappa shape index (κ2) is 11.2. The highest BCUT2D eigenvalue weighted by Crippen LogP contribution is 2.36. The van der Waals surface area contributed by atoms with Crippen molar-refractivity contribution < 1.29 is 32.9 Å². The molecule has 1 aliphatic rings. The second-order valence-electron chi connectivity index (χ2n) is 8.02. The first-order chi connectivity index (χ1) is 16.2. The van der Waals surface area contributed by atoms with Gasteiger partial charge in [0.15, 0.2) is 0 Å². The van der Waals surface area contributed by atoms with E-state index in [-0.39, 0.29) is 0 Å². The van der Waals surface area contributed by atoms with Crippen molar-refractivity contribution >= 4 is 5.97 Å². The summed E-state index contributed by atoms with van der Waals surface area (Å²) < 4.78 is 37.6. The SMILES string of the molecule is O=C(O)C(F)(F)F.OC1(CNCc2cccc(OCc3ccccc3)c2)CCc2ccccc21. The predicted octanol–water partition coefficient (Wildman–Crippen LogP) is 4.82. The maximum atomic E-state index is 11.0. The Labute approximate surface area is 195 Å². The van der Waals surface area contributed by atoms with Crippen LogP contribution in [-0.4, -0.2) is 28.9 Å². The second-order valence-corrected chi connectivity index (χ2v) is 8.02. The molecule has 3 aromatic rings. The number of hydrogen-bond acceptors (Lipinski definition) is 4. The highest BCUT2D eigenvalue weighted by Gasteiger charge is 2.38. The number of aryl methyl sites for hydroxylation is 1. The van der Waals surface area contributed by atoms with Gasteiger partial charge in [-0.05, 0) is 47.2 Å². The van der Waals surface area contributed by atoms with Gasteiger partial charge in [0.2, 0.25) is 0 Å². The summed E-state index contributed by atoms with van der Waals surface area (Å²) in [6.45, 7) is 1.82. The minimum atomic E-state index is -5.08. The monoisotopic (exact) mass is 473 g/mol. The van der Waals surface area contributed by atoms with Gasteiger partial charge in [0.05, 0.1) is 0 Å². The third-order valence-electron chi connectivity index (χ3n) is 5.46. The molecule has 0 fully saturated rings. The lowest BCUT2D eigenvalue weighted by atomic mass is 9.96. The number of hydrogen-bond donors (Lipinski definition) is 3. The molecular weight excluding hydrogens is 447 g/mol. The van der Waals surface area contributed by atoms with Gasteiger partial charge in [0.25, 0.3) is 0 Å². The quantitative estimate of drug-likeness (QED) is 0.459. The molecule has 34 heavy (non-hydrogen) atoms. The molecule has 0 spiro atoms. The van der Waals surface area contributed by atoms with E-state index in [2.05, 4.69) is 35.6 Å². The summed E-state index contributed by atoms with van der Waals surface area (Å²) in [5, 5.41) is 21.5. The van der Waals surface area contributed by atoms with Gasteiger partial charge in [-0.25, -0.2) is 4.79 Å². The van der Waals surface area contributed by atoms with Crippen molar-refractivity contribution in [3.63, 3.8) is 0 Å². The number of halogens is 3. The van der Waals surface area contributed by atoms with Crippen LogP contribution in [0.4, 0.5) is 13.2 Å². The third kappa shape index (κ3) is 7.07. The fourth-order valence-electron chi connectivity index (χ4n) is 3.75. The van der Waals surface area contributed by atoms with Crippen LogP contribution >= 0.6 is 0 Å². The summed E-state index contributed by atoms with van der Waals surface area (Å²) in [4.78, 5) is 8.90. The first-order valence-electron chi connectivity index (χ1n) is 10.7. The van der Waals surface area contributed by atoms with E-state index >= 15 is 0 Å². The normalized spacial score (nSPS) is 16.8. The van der Waals surface area contributed by atoms with Gasteiger partial charge in [0.1, 0.15) is 18.0 Å². The van der Waals surface area contributed by atoms with Gasteiger partial charge >= 0.3 is 12.1 Å². The summed E-state index contributed by atoms with van der Waals surface area (Å²) in [7, 11) is 0. The highest BCUT2D eigenvalue weighted by atomic mass is 19.4. The zero-order valence-corrected chi connectivity index (χ0v) is 18.4. The van der Waals surface area contributed by atoms with E-state index in [0.717, 1.165) is 35.3 Å².